The molecular formula is C31H39N3O6S. The van der Waals surface area contributed by atoms with E-state index in [0.29, 0.717) is 25.0 Å². The van der Waals surface area contributed by atoms with Crippen molar-refractivity contribution in [3.05, 3.63) is 102 Å². The Labute approximate surface area is 242 Å². The van der Waals surface area contributed by atoms with Gasteiger partial charge >= 0.3 is 12.1 Å². The number of hydrogen-bond donors (Lipinski definition) is 1. The Hall–Kier alpha value is -3.89. The predicted octanol–water partition coefficient (Wildman–Crippen LogP) is 5.72. The van der Waals surface area contributed by atoms with Gasteiger partial charge in [0.15, 0.2) is 5.37 Å². The van der Waals surface area contributed by atoms with Crippen LogP contribution in [0.15, 0.2) is 84.9 Å². The predicted molar refractivity (Wildman–Crippen MR) is 158 cm³/mol. The average Bonchev–Trinajstić information content (AvgIpc) is 2.96. The number of amides is 3. The number of carbonyl (C=O) groups excluding carboxylic acids is 2. The van der Waals surface area contributed by atoms with Crippen molar-refractivity contribution in [1.29, 1.82) is 0 Å². The van der Waals surface area contributed by atoms with E-state index in [0.717, 1.165) is 20.9 Å². The molecule has 3 aromatic rings. The van der Waals surface area contributed by atoms with Gasteiger partial charge in [-0.1, -0.05) is 86.6 Å². The quantitative estimate of drug-likeness (QED) is 0.276. The van der Waals surface area contributed by atoms with E-state index in [-0.39, 0.29) is 31.2 Å². The summed E-state index contributed by atoms with van der Waals surface area (Å²) in [5, 5.41) is 4.22. The van der Waals surface area contributed by atoms with Crippen LogP contribution in [0.5, 0.6) is 5.75 Å². The van der Waals surface area contributed by atoms with Gasteiger partial charge in [-0.15, -0.1) is 0 Å². The molecule has 0 aromatic heterocycles. The molecule has 1 unspecified atom stereocenters. The van der Waals surface area contributed by atoms with Gasteiger partial charge in [0.1, 0.15) is 12.4 Å². The molecule has 0 saturated carbocycles. The van der Waals surface area contributed by atoms with E-state index in [1.807, 2.05) is 74.5 Å². The minimum Gasteiger partial charge on any atom is -0.497 e. The fraction of sp³-hybridized carbons (Fsp3) is 0.355. The number of sulfonamides is 1. The van der Waals surface area contributed by atoms with Crippen LogP contribution >= 0.6 is 0 Å². The summed E-state index contributed by atoms with van der Waals surface area (Å²) in [5.41, 5.74) is 2.08. The Bertz CT molecular complexity index is 1350. The molecule has 3 rings (SSSR count). The molecule has 41 heavy (non-hydrogen) atoms. The van der Waals surface area contributed by atoms with Crippen LogP contribution in [0.25, 0.3) is 0 Å². The minimum atomic E-state index is -4.34. The lowest BCUT2D eigenvalue weighted by Crippen LogP contribution is -2.51. The lowest BCUT2D eigenvalue weighted by atomic mass is 10.1. The van der Waals surface area contributed by atoms with Crippen molar-refractivity contribution in [3.63, 3.8) is 0 Å². The van der Waals surface area contributed by atoms with Crippen LogP contribution < -0.4 is 9.88 Å². The molecule has 9 nitrogen and oxygen atoms in total. The van der Waals surface area contributed by atoms with Crippen LogP contribution in [0.4, 0.5) is 9.59 Å². The number of nitrogens with two attached hydrogens (primary N) is 1. The topological polar surface area (TPSA) is 119 Å². The van der Waals surface area contributed by atoms with E-state index >= 15 is 0 Å². The first-order chi connectivity index (χ1) is 19.6. The monoisotopic (exact) mass is 581 g/mol. The zero-order valence-electron chi connectivity index (χ0n) is 23.8. The fourth-order valence-electron chi connectivity index (χ4n) is 4.33. The number of aryl methyl sites for hydroxylation is 1. The number of primary sulfonamides is 1. The number of nitrogens with zero attached hydrogens (tertiary/aromatic N) is 2. The highest BCUT2D eigenvalue weighted by atomic mass is 32.2. The summed E-state index contributed by atoms with van der Waals surface area (Å²) < 4.78 is 36.8. The summed E-state index contributed by atoms with van der Waals surface area (Å²) in [6.07, 6.45) is 0.687. The summed E-state index contributed by atoms with van der Waals surface area (Å²) in [6, 6.07) is 24.3. The van der Waals surface area contributed by atoms with Crippen LogP contribution in [0.2, 0.25) is 0 Å². The van der Waals surface area contributed by atoms with Gasteiger partial charge in [0.2, 0.25) is 10.0 Å². The van der Waals surface area contributed by atoms with E-state index < -0.39 is 27.5 Å². The third kappa shape index (κ3) is 9.61. The zero-order valence-corrected chi connectivity index (χ0v) is 24.6. The maximum absolute atomic E-state index is 14.1. The lowest BCUT2D eigenvalue weighted by molar-refractivity contribution is 0.0897. The average molecular weight is 582 g/mol. The van der Waals surface area contributed by atoms with Crippen molar-refractivity contribution in [2.45, 2.75) is 45.1 Å². The van der Waals surface area contributed by atoms with E-state index in [4.69, 9.17) is 14.6 Å². The molecule has 0 bridgehead atoms. The maximum atomic E-state index is 14.1. The number of carbonyl (C=O) groups is 2. The van der Waals surface area contributed by atoms with Gasteiger partial charge in [-0.05, 0) is 54.0 Å². The van der Waals surface area contributed by atoms with Crippen LogP contribution in [-0.2, 0) is 27.8 Å². The molecule has 0 aliphatic rings. The number of imide groups is 1. The van der Waals surface area contributed by atoms with Crippen LogP contribution in [0, 0.1) is 5.92 Å². The fourth-order valence-corrected chi connectivity index (χ4v) is 5.42. The second-order valence-electron chi connectivity index (χ2n) is 10.2. The number of ether oxygens (including phenoxy) is 2. The first kappa shape index (κ1) is 31.6. The molecule has 220 valence electrons. The third-order valence-corrected chi connectivity index (χ3v) is 7.68. The highest BCUT2D eigenvalue weighted by Crippen LogP contribution is 2.29. The minimum absolute atomic E-state index is 0.0315. The van der Waals surface area contributed by atoms with Crippen molar-refractivity contribution in [2.75, 3.05) is 20.2 Å². The number of hydrogen-bond acceptors (Lipinski definition) is 6. The van der Waals surface area contributed by atoms with Crippen molar-refractivity contribution in [1.82, 2.24) is 9.80 Å². The maximum Gasteiger partial charge on any atom is 0.418 e. The first-order valence-corrected chi connectivity index (χ1v) is 15.2. The van der Waals surface area contributed by atoms with Crippen molar-refractivity contribution in [3.8, 4) is 5.75 Å². The highest BCUT2D eigenvalue weighted by Gasteiger charge is 2.38. The molecule has 0 fully saturated rings. The second-order valence-corrected chi connectivity index (χ2v) is 11.8. The lowest BCUT2D eigenvalue weighted by Gasteiger charge is -2.34. The first-order valence-electron chi connectivity index (χ1n) is 13.6. The summed E-state index contributed by atoms with van der Waals surface area (Å²) in [7, 11) is -2.84. The van der Waals surface area contributed by atoms with Gasteiger partial charge in [0, 0.05) is 13.1 Å². The van der Waals surface area contributed by atoms with Gasteiger partial charge in [0.05, 0.1) is 7.11 Å². The van der Waals surface area contributed by atoms with Crippen molar-refractivity contribution in [2.24, 2.45) is 11.1 Å². The molecule has 3 amide bonds. The summed E-state index contributed by atoms with van der Waals surface area (Å²) >= 11 is 0. The Morgan fingerprint density at radius 1 is 0.854 bits per heavy atom. The largest absolute Gasteiger partial charge is 0.497 e. The van der Waals surface area contributed by atoms with E-state index in [2.05, 4.69) is 0 Å². The molecule has 0 spiro atoms. The standard InChI is InChI=1S/C31H39N3O6S/c1-24(2)20-22-34(31(36)40-23-26-13-8-5-9-14-26)30(35)33(21-10-15-25-11-6-4-7-12-25)29(41(32,37)38)27-16-18-28(39-3)19-17-27/h4-9,11-14,16-19,24,29H,10,15,20-23H2,1-3H3,(H2,32,37,38). The van der Waals surface area contributed by atoms with Crippen molar-refractivity contribution < 1.29 is 27.5 Å². The molecule has 10 heteroatoms. The Morgan fingerprint density at radius 3 is 1.98 bits per heavy atom. The SMILES string of the molecule is COc1ccc(C(N(CCCc2ccccc2)C(=O)N(CCC(C)C)C(=O)OCc2ccccc2)S(N)(=O)=O)cc1. The Kier molecular flexibility index (Phi) is 11.7. The van der Waals surface area contributed by atoms with Gasteiger partial charge in [-0.25, -0.2) is 28.0 Å². The zero-order chi connectivity index (χ0) is 29.8. The molecule has 0 aliphatic heterocycles. The van der Waals surface area contributed by atoms with E-state index in [9.17, 15) is 18.0 Å². The van der Waals surface area contributed by atoms with E-state index in [1.54, 1.807) is 24.3 Å². The second kappa shape index (κ2) is 15.2. The smallest absolute Gasteiger partial charge is 0.418 e. The van der Waals surface area contributed by atoms with Gasteiger partial charge in [-0.3, -0.25) is 0 Å². The summed E-state index contributed by atoms with van der Waals surface area (Å²) in [6.45, 7) is 4.00. The number of benzene rings is 3. The Morgan fingerprint density at radius 2 is 1.44 bits per heavy atom. The van der Waals surface area contributed by atoms with Crippen LogP contribution in [0.3, 0.4) is 0 Å². The number of rotatable bonds is 13. The molecule has 0 heterocycles. The number of methoxy groups -OCH3 is 1. The van der Waals surface area contributed by atoms with Crippen molar-refractivity contribution >= 4 is 22.1 Å². The molecule has 1 atom stereocenters. The van der Waals surface area contributed by atoms with Gasteiger partial charge in [0.25, 0.3) is 0 Å². The van der Waals surface area contributed by atoms with Gasteiger partial charge in [-0.2, -0.15) is 0 Å². The molecule has 0 radical (unpaired) electrons. The summed E-state index contributed by atoms with van der Waals surface area (Å²) in [5.74, 6) is 0.696. The van der Waals surface area contributed by atoms with Gasteiger partial charge < -0.3 is 14.4 Å². The highest BCUT2D eigenvalue weighted by molar-refractivity contribution is 7.89. The molecule has 0 saturated heterocycles. The van der Waals surface area contributed by atoms with E-state index in [1.165, 1.54) is 7.11 Å². The third-order valence-electron chi connectivity index (χ3n) is 6.53. The Balaban J connectivity index is 1.96. The van der Waals surface area contributed by atoms with Crippen LogP contribution in [0.1, 0.15) is 48.8 Å². The summed E-state index contributed by atoms with van der Waals surface area (Å²) in [4.78, 5) is 29.6. The number of urea groups is 1. The normalized spacial score (nSPS) is 12.0. The molecule has 3 aromatic carbocycles. The van der Waals surface area contributed by atoms with Crippen LogP contribution in [-0.4, -0.2) is 50.5 Å². The molecular weight excluding hydrogens is 542 g/mol. The molecule has 0 aliphatic carbocycles. The molecule has 2 N–H and O–H groups in total.